The van der Waals surface area contributed by atoms with Crippen LogP contribution < -0.4 is 5.56 Å². The Kier molecular flexibility index (Phi) is 4.12. The predicted octanol–water partition coefficient (Wildman–Crippen LogP) is 3.77. The highest BCUT2D eigenvalue weighted by atomic mass is 35.5. The van der Waals surface area contributed by atoms with Gasteiger partial charge in [-0.1, -0.05) is 23.2 Å². The topological polar surface area (TPSA) is 59.3 Å². The lowest BCUT2D eigenvalue weighted by Gasteiger charge is -2.16. The second-order valence-corrected chi connectivity index (χ2v) is 5.63. The smallest absolute Gasteiger partial charge is 0.337 e. The van der Waals surface area contributed by atoms with Crippen molar-refractivity contribution in [2.24, 2.45) is 0 Å². The number of carboxylic acids is 1. The molecule has 0 aliphatic heterocycles. The molecule has 110 valence electrons. The van der Waals surface area contributed by atoms with Gasteiger partial charge >= 0.3 is 5.97 Å². The molecular formula is C15H13Cl2NO3. The molecular weight excluding hydrogens is 313 g/mol. The largest absolute Gasteiger partial charge is 0.478 e. The van der Waals surface area contributed by atoms with Gasteiger partial charge in [-0.05, 0) is 44.0 Å². The monoisotopic (exact) mass is 325 g/mol. The number of benzene rings is 1. The number of nitrogens with zero attached hydrogens (tertiary/aromatic N) is 1. The van der Waals surface area contributed by atoms with Gasteiger partial charge < -0.3 is 5.11 Å². The molecule has 0 amide bonds. The second-order valence-electron chi connectivity index (χ2n) is 4.82. The van der Waals surface area contributed by atoms with Gasteiger partial charge in [0.05, 0.1) is 16.3 Å². The summed E-state index contributed by atoms with van der Waals surface area (Å²) in [4.78, 5) is 23.6. The second kappa shape index (κ2) is 5.54. The number of aryl methyl sites for hydroxylation is 2. The number of carbonyl (C=O) groups is 1. The maximum atomic E-state index is 12.3. The van der Waals surface area contributed by atoms with E-state index in [9.17, 15) is 14.7 Å². The number of rotatable bonds is 2. The average Bonchev–Trinajstić information content (AvgIpc) is 2.34. The van der Waals surface area contributed by atoms with E-state index in [1.807, 2.05) is 0 Å². The van der Waals surface area contributed by atoms with Gasteiger partial charge in [0.1, 0.15) is 0 Å². The summed E-state index contributed by atoms with van der Waals surface area (Å²) < 4.78 is 1.27. The molecule has 6 heteroatoms. The molecule has 21 heavy (non-hydrogen) atoms. The zero-order valence-electron chi connectivity index (χ0n) is 11.7. The summed E-state index contributed by atoms with van der Waals surface area (Å²) >= 11 is 12.3. The molecule has 0 spiro atoms. The van der Waals surface area contributed by atoms with Crippen LogP contribution in [0.1, 0.15) is 27.2 Å². The van der Waals surface area contributed by atoms with Crippen LogP contribution in [-0.4, -0.2) is 15.6 Å². The van der Waals surface area contributed by atoms with Crippen LogP contribution in [0.4, 0.5) is 0 Å². The summed E-state index contributed by atoms with van der Waals surface area (Å²) in [7, 11) is 0. The van der Waals surface area contributed by atoms with Gasteiger partial charge in [-0.2, -0.15) is 0 Å². The number of pyridine rings is 1. The van der Waals surface area contributed by atoms with Gasteiger partial charge in [-0.15, -0.1) is 0 Å². The van der Waals surface area contributed by atoms with Gasteiger partial charge in [-0.25, -0.2) is 4.79 Å². The average molecular weight is 326 g/mol. The minimum atomic E-state index is -1.09. The third-order valence-electron chi connectivity index (χ3n) is 3.33. The van der Waals surface area contributed by atoms with Crippen molar-refractivity contribution in [3.05, 3.63) is 61.0 Å². The van der Waals surface area contributed by atoms with Crippen molar-refractivity contribution in [3.63, 3.8) is 0 Å². The normalized spacial score (nSPS) is 10.7. The number of aromatic carboxylic acids is 1. The quantitative estimate of drug-likeness (QED) is 0.914. The molecule has 1 aromatic heterocycles. The molecule has 4 nitrogen and oxygen atoms in total. The zero-order valence-corrected chi connectivity index (χ0v) is 13.2. The highest BCUT2D eigenvalue weighted by molar-refractivity contribution is 6.35. The van der Waals surface area contributed by atoms with Gasteiger partial charge in [0, 0.05) is 16.8 Å². The Bertz CT molecular complexity index is 810. The van der Waals surface area contributed by atoms with Crippen molar-refractivity contribution in [3.8, 4) is 5.69 Å². The van der Waals surface area contributed by atoms with Crippen LogP contribution in [0.3, 0.4) is 0 Å². The van der Waals surface area contributed by atoms with E-state index >= 15 is 0 Å². The summed E-state index contributed by atoms with van der Waals surface area (Å²) in [6.07, 6.45) is 0. The molecule has 0 fully saturated rings. The van der Waals surface area contributed by atoms with Crippen molar-refractivity contribution < 1.29 is 9.90 Å². The van der Waals surface area contributed by atoms with E-state index in [4.69, 9.17) is 23.2 Å². The Morgan fingerprint density at radius 2 is 1.67 bits per heavy atom. The molecule has 1 N–H and O–H groups in total. The van der Waals surface area contributed by atoms with Crippen LogP contribution in [0.2, 0.25) is 10.0 Å². The summed E-state index contributed by atoms with van der Waals surface area (Å²) in [6.45, 7) is 4.96. The van der Waals surface area contributed by atoms with E-state index < -0.39 is 5.97 Å². The minimum absolute atomic E-state index is 0.0855. The molecule has 0 aliphatic rings. The lowest BCUT2D eigenvalue weighted by atomic mass is 10.1. The van der Waals surface area contributed by atoms with Crippen molar-refractivity contribution in [2.75, 3.05) is 0 Å². The van der Waals surface area contributed by atoms with Crippen LogP contribution in [0.15, 0.2) is 23.0 Å². The molecule has 1 heterocycles. The van der Waals surface area contributed by atoms with Crippen LogP contribution in [-0.2, 0) is 0 Å². The Labute approximate surface area is 131 Å². The molecule has 0 aliphatic carbocycles. The van der Waals surface area contributed by atoms with Gasteiger partial charge in [0.2, 0.25) is 0 Å². The maximum absolute atomic E-state index is 12.3. The van der Waals surface area contributed by atoms with E-state index in [0.717, 1.165) is 5.56 Å². The van der Waals surface area contributed by atoms with Crippen molar-refractivity contribution in [1.82, 2.24) is 4.57 Å². The van der Waals surface area contributed by atoms with Gasteiger partial charge in [0.15, 0.2) is 0 Å². The molecule has 0 saturated heterocycles. The number of carboxylic acid groups (broad SMARTS) is 1. The fraction of sp³-hybridized carbons (Fsp3) is 0.200. The highest BCUT2D eigenvalue weighted by Gasteiger charge is 2.18. The van der Waals surface area contributed by atoms with Crippen molar-refractivity contribution in [1.29, 1.82) is 0 Å². The first-order valence-electron chi connectivity index (χ1n) is 6.16. The molecule has 0 saturated carbocycles. The molecule has 2 aromatic rings. The van der Waals surface area contributed by atoms with Crippen LogP contribution in [0.25, 0.3) is 5.69 Å². The number of hydrogen-bond acceptors (Lipinski definition) is 2. The highest BCUT2D eigenvalue weighted by Crippen LogP contribution is 2.28. The Morgan fingerprint density at radius 3 is 2.24 bits per heavy atom. The first kappa shape index (κ1) is 15.6. The number of hydrogen-bond donors (Lipinski definition) is 1. The Balaban J connectivity index is 2.88. The van der Waals surface area contributed by atoms with Gasteiger partial charge in [-0.3, -0.25) is 9.36 Å². The maximum Gasteiger partial charge on any atom is 0.337 e. The molecule has 0 unspecified atom stereocenters. The lowest BCUT2D eigenvalue weighted by molar-refractivity contribution is 0.0694. The van der Waals surface area contributed by atoms with E-state index in [0.29, 0.717) is 27.0 Å². The first-order valence-corrected chi connectivity index (χ1v) is 6.92. The predicted molar refractivity (Wildman–Crippen MR) is 83.2 cm³/mol. The third kappa shape index (κ3) is 2.69. The summed E-state index contributed by atoms with van der Waals surface area (Å²) in [5, 5.41) is 10.1. The van der Waals surface area contributed by atoms with Crippen molar-refractivity contribution >= 4 is 29.2 Å². The summed E-state index contributed by atoms with van der Waals surface area (Å²) in [5.74, 6) is -1.09. The molecule has 1 aromatic carbocycles. The van der Waals surface area contributed by atoms with Crippen LogP contribution in [0.5, 0.6) is 0 Å². The van der Waals surface area contributed by atoms with Crippen LogP contribution >= 0.6 is 23.2 Å². The molecule has 0 atom stereocenters. The van der Waals surface area contributed by atoms with Crippen LogP contribution in [0, 0.1) is 20.8 Å². The number of halogens is 2. The SMILES string of the molecule is Cc1cc(Cl)c(-n2c(C)c(C(=O)O)c(C)cc2=O)cc1Cl. The zero-order chi connectivity index (χ0) is 15.9. The van der Waals surface area contributed by atoms with E-state index in [1.165, 1.54) is 10.6 Å². The summed E-state index contributed by atoms with van der Waals surface area (Å²) in [6, 6.07) is 4.49. The minimum Gasteiger partial charge on any atom is -0.478 e. The van der Waals surface area contributed by atoms with Gasteiger partial charge in [0.25, 0.3) is 5.56 Å². The van der Waals surface area contributed by atoms with E-state index in [2.05, 4.69) is 0 Å². The Hall–Kier alpha value is -1.78. The first-order chi connectivity index (χ1) is 9.73. The standard InChI is InChI=1S/C15H13Cl2NO3/c1-7-4-11(17)12(6-10(7)16)18-9(3)14(15(20)21)8(2)5-13(18)19/h4-6H,1-3H3,(H,20,21). The third-order valence-corrected chi connectivity index (χ3v) is 4.04. The lowest BCUT2D eigenvalue weighted by Crippen LogP contribution is -2.24. The number of aromatic nitrogens is 1. The van der Waals surface area contributed by atoms with E-state index in [1.54, 1.807) is 32.9 Å². The Morgan fingerprint density at radius 1 is 1.05 bits per heavy atom. The summed E-state index contributed by atoms with van der Waals surface area (Å²) in [5.41, 5.74) is 1.61. The molecule has 0 bridgehead atoms. The van der Waals surface area contributed by atoms with Crippen molar-refractivity contribution in [2.45, 2.75) is 20.8 Å². The molecule has 2 rings (SSSR count). The van der Waals surface area contributed by atoms with E-state index in [-0.39, 0.29) is 11.1 Å². The fourth-order valence-electron chi connectivity index (χ4n) is 2.31. The fourth-order valence-corrected chi connectivity index (χ4v) is 2.77. The molecule has 0 radical (unpaired) electrons.